The van der Waals surface area contributed by atoms with Crippen LogP contribution in [0.3, 0.4) is 0 Å². The summed E-state index contributed by atoms with van der Waals surface area (Å²) in [7, 11) is 0. The highest BCUT2D eigenvalue weighted by molar-refractivity contribution is 6.42. The SMILES string of the molecule is Cc1ccc(C(=O)C(C#N)c2ccc(Cl)c(Cl)c2)o1. The smallest absolute Gasteiger partial charge is 0.219 e. The highest BCUT2D eigenvalue weighted by atomic mass is 35.5. The Morgan fingerprint density at radius 2 is 2.00 bits per heavy atom. The van der Waals surface area contributed by atoms with Crippen molar-refractivity contribution in [2.24, 2.45) is 0 Å². The van der Waals surface area contributed by atoms with Crippen LogP contribution in [0.5, 0.6) is 0 Å². The first-order valence-corrected chi connectivity index (χ1v) is 6.23. The van der Waals surface area contributed by atoms with Crippen LogP contribution in [0.25, 0.3) is 0 Å². The summed E-state index contributed by atoms with van der Waals surface area (Å²) >= 11 is 11.7. The number of rotatable bonds is 3. The minimum Gasteiger partial charge on any atom is -0.458 e. The van der Waals surface area contributed by atoms with Crippen LogP contribution in [0.15, 0.2) is 34.7 Å². The molecule has 3 nitrogen and oxygen atoms in total. The van der Waals surface area contributed by atoms with Crippen molar-refractivity contribution in [3.8, 4) is 6.07 Å². The zero-order chi connectivity index (χ0) is 14.0. The fraction of sp³-hybridized carbons (Fsp3) is 0.143. The van der Waals surface area contributed by atoms with Gasteiger partial charge in [-0.2, -0.15) is 5.26 Å². The average Bonchev–Trinajstić information content (AvgIpc) is 2.81. The van der Waals surface area contributed by atoms with Gasteiger partial charge < -0.3 is 4.42 Å². The maximum atomic E-state index is 12.2. The first-order chi connectivity index (χ1) is 9.02. The minimum atomic E-state index is -0.958. The molecule has 0 aliphatic heterocycles. The monoisotopic (exact) mass is 293 g/mol. The molecule has 1 aromatic carbocycles. The first-order valence-electron chi connectivity index (χ1n) is 5.48. The average molecular weight is 294 g/mol. The number of hydrogen-bond acceptors (Lipinski definition) is 3. The van der Waals surface area contributed by atoms with Crippen LogP contribution in [-0.4, -0.2) is 5.78 Å². The van der Waals surface area contributed by atoms with Gasteiger partial charge in [-0.3, -0.25) is 4.79 Å². The van der Waals surface area contributed by atoms with Gasteiger partial charge in [-0.1, -0.05) is 29.3 Å². The van der Waals surface area contributed by atoms with E-state index in [1.54, 1.807) is 31.2 Å². The van der Waals surface area contributed by atoms with E-state index in [1.807, 2.05) is 6.07 Å². The summed E-state index contributed by atoms with van der Waals surface area (Å²) in [5.41, 5.74) is 0.496. The Labute approximate surface area is 120 Å². The molecule has 0 fully saturated rings. The topological polar surface area (TPSA) is 54.0 Å². The van der Waals surface area contributed by atoms with E-state index in [4.69, 9.17) is 27.6 Å². The highest BCUT2D eigenvalue weighted by Crippen LogP contribution is 2.28. The van der Waals surface area contributed by atoms with Crippen molar-refractivity contribution in [3.05, 3.63) is 57.5 Å². The molecule has 0 aliphatic carbocycles. The summed E-state index contributed by atoms with van der Waals surface area (Å²) in [6, 6.07) is 9.88. The molecule has 0 saturated heterocycles. The summed E-state index contributed by atoms with van der Waals surface area (Å²) in [5, 5.41) is 9.88. The third kappa shape index (κ3) is 2.81. The number of Topliss-reactive ketones (excluding diaryl/α,β-unsaturated/α-hetero) is 1. The van der Waals surface area contributed by atoms with Crippen molar-refractivity contribution in [3.63, 3.8) is 0 Å². The van der Waals surface area contributed by atoms with Crippen LogP contribution < -0.4 is 0 Å². The summed E-state index contributed by atoms with van der Waals surface area (Å²) in [4.78, 5) is 12.2. The van der Waals surface area contributed by atoms with E-state index in [0.29, 0.717) is 21.4 Å². The summed E-state index contributed by atoms with van der Waals surface area (Å²) in [5.74, 6) is -0.571. The lowest BCUT2D eigenvalue weighted by Crippen LogP contribution is -2.10. The molecule has 0 saturated carbocycles. The van der Waals surface area contributed by atoms with E-state index in [2.05, 4.69) is 0 Å². The van der Waals surface area contributed by atoms with E-state index >= 15 is 0 Å². The Hall–Kier alpha value is -1.76. The lowest BCUT2D eigenvalue weighted by molar-refractivity contribution is 0.0950. The van der Waals surface area contributed by atoms with E-state index < -0.39 is 11.7 Å². The van der Waals surface area contributed by atoms with Crippen molar-refractivity contribution >= 4 is 29.0 Å². The van der Waals surface area contributed by atoms with E-state index in [9.17, 15) is 10.1 Å². The molecule has 0 amide bonds. The number of hydrogen-bond donors (Lipinski definition) is 0. The van der Waals surface area contributed by atoms with Crippen molar-refractivity contribution in [1.82, 2.24) is 0 Å². The zero-order valence-electron chi connectivity index (χ0n) is 9.98. The second-order valence-electron chi connectivity index (χ2n) is 4.01. The predicted octanol–water partition coefficient (Wildman–Crippen LogP) is 4.38. The molecule has 19 heavy (non-hydrogen) atoms. The fourth-order valence-electron chi connectivity index (χ4n) is 1.69. The van der Waals surface area contributed by atoms with Crippen LogP contribution >= 0.6 is 23.2 Å². The van der Waals surface area contributed by atoms with Gasteiger partial charge in [0, 0.05) is 0 Å². The van der Waals surface area contributed by atoms with Gasteiger partial charge >= 0.3 is 0 Å². The van der Waals surface area contributed by atoms with Gasteiger partial charge in [0.15, 0.2) is 5.76 Å². The van der Waals surface area contributed by atoms with E-state index in [-0.39, 0.29) is 5.76 Å². The largest absolute Gasteiger partial charge is 0.458 e. The van der Waals surface area contributed by atoms with Gasteiger partial charge in [0.2, 0.25) is 5.78 Å². The molecule has 2 rings (SSSR count). The van der Waals surface area contributed by atoms with Crippen LogP contribution in [0, 0.1) is 18.3 Å². The molecule has 0 bridgehead atoms. The molecule has 0 spiro atoms. The number of nitrogens with zero attached hydrogens (tertiary/aromatic N) is 1. The number of ketones is 1. The number of benzene rings is 1. The lowest BCUT2D eigenvalue weighted by Gasteiger charge is -2.07. The number of aryl methyl sites for hydroxylation is 1. The Kier molecular flexibility index (Phi) is 3.94. The number of carbonyl (C=O) groups is 1. The van der Waals surface area contributed by atoms with Gasteiger partial charge in [0.1, 0.15) is 11.7 Å². The number of nitriles is 1. The normalized spacial score (nSPS) is 11.9. The predicted molar refractivity (Wildman–Crippen MR) is 72.6 cm³/mol. The van der Waals surface area contributed by atoms with Crippen LogP contribution in [0.1, 0.15) is 27.8 Å². The van der Waals surface area contributed by atoms with Gasteiger partial charge in [-0.15, -0.1) is 0 Å². The van der Waals surface area contributed by atoms with Gasteiger partial charge in [-0.25, -0.2) is 0 Å². The number of furan rings is 1. The maximum Gasteiger partial charge on any atom is 0.219 e. The minimum absolute atomic E-state index is 0.162. The van der Waals surface area contributed by atoms with Crippen LogP contribution in [0.4, 0.5) is 0 Å². The molecule has 1 atom stereocenters. The van der Waals surface area contributed by atoms with E-state index in [1.165, 1.54) is 6.07 Å². The second-order valence-corrected chi connectivity index (χ2v) is 4.82. The van der Waals surface area contributed by atoms with Crippen molar-refractivity contribution in [2.45, 2.75) is 12.8 Å². The zero-order valence-corrected chi connectivity index (χ0v) is 11.5. The third-order valence-electron chi connectivity index (χ3n) is 2.65. The highest BCUT2D eigenvalue weighted by Gasteiger charge is 2.24. The van der Waals surface area contributed by atoms with Gasteiger partial charge in [0.05, 0.1) is 16.1 Å². The molecular weight excluding hydrogens is 285 g/mol. The standard InChI is InChI=1S/C14H9Cl2NO2/c1-8-2-5-13(19-8)14(18)10(7-17)9-3-4-11(15)12(16)6-9/h2-6,10H,1H3. The molecule has 1 aromatic heterocycles. The molecule has 1 unspecified atom stereocenters. The molecule has 1 heterocycles. The lowest BCUT2D eigenvalue weighted by atomic mass is 9.95. The Bertz CT molecular complexity index is 670. The molecular formula is C14H9Cl2NO2. The Morgan fingerprint density at radius 1 is 1.26 bits per heavy atom. The molecule has 96 valence electrons. The van der Waals surface area contributed by atoms with Crippen LogP contribution in [-0.2, 0) is 0 Å². The summed E-state index contributed by atoms with van der Waals surface area (Å²) in [6.45, 7) is 1.73. The van der Waals surface area contributed by atoms with Crippen molar-refractivity contribution in [2.75, 3.05) is 0 Å². The van der Waals surface area contributed by atoms with Crippen LogP contribution in [0.2, 0.25) is 10.0 Å². The van der Waals surface area contributed by atoms with Gasteiger partial charge in [-0.05, 0) is 36.8 Å². The van der Waals surface area contributed by atoms with E-state index in [0.717, 1.165) is 0 Å². The molecule has 0 aliphatic rings. The maximum absolute atomic E-state index is 12.2. The summed E-state index contributed by atoms with van der Waals surface area (Å²) < 4.78 is 5.24. The number of halogens is 2. The fourth-order valence-corrected chi connectivity index (χ4v) is 1.99. The Morgan fingerprint density at radius 3 is 2.53 bits per heavy atom. The number of carbonyl (C=O) groups excluding carboxylic acids is 1. The molecule has 0 N–H and O–H groups in total. The third-order valence-corrected chi connectivity index (χ3v) is 3.39. The Balaban J connectivity index is 2.37. The van der Waals surface area contributed by atoms with Gasteiger partial charge in [0.25, 0.3) is 0 Å². The first kappa shape index (κ1) is 13.7. The van der Waals surface area contributed by atoms with Crippen molar-refractivity contribution in [1.29, 1.82) is 5.26 Å². The molecule has 2 aromatic rings. The summed E-state index contributed by atoms with van der Waals surface area (Å²) in [6.07, 6.45) is 0. The molecule has 0 radical (unpaired) electrons. The second kappa shape index (κ2) is 5.48. The quantitative estimate of drug-likeness (QED) is 0.789. The van der Waals surface area contributed by atoms with Crippen molar-refractivity contribution < 1.29 is 9.21 Å². The molecule has 5 heteroatoms.